The zero-order valence-corrected chi connectivity index (χ0v) is 19.0. The Labute approximate surface area is 191 Å². The van der Waals surface area contributed by atoms with Crippen LogP contribution in [0.4, 0.5) is 0 Å². The summed E-state index contributed by atoms with van der Waals surface area (Å²) in [6.07, 6.45) is 12.7. The van der Waals surface area contributed by atoms with Gasteiger partial charge in [0, 0.05) is 37.1 Å². The normalized spacial score (nSPS) is 24.2. The molecule has 172 valence electrons. The molecule has 1 aromatic heterocycles. The Morgan fingerprint density at radius 2 is 2.03 bits per heavy atom. The summed E-state index contributed by atoms with van der Waals surface area (Å²) in [6, 6.07) is 9.82. The van der Waals surface area contributed by atoms with Crippen LogP contribution in [0.15, 0.2) is 55.4 Å². The first-order chi connectivity index (χ1) is 15.7. The minimum absolute atomic E-state index is 0.0308. The van der Waals surface area contributed by atoms with Crippen molar-refractivity contribution in [2.45, 2.75) is 44.6 Å². The molecule has 0 bridgehead atoms. The van der Waals surface area contributed by atoms with Gasteiger partial charge < -0.3 is 15.0 Å². The molecule has 1 aliphatic carbocycles. The quantitative estimate of drug-likeness (QED) is 0.475. The van der Waals surface area contributed by atoms with Crippen LogP contribution >= 0.6 is 0 Å². The molecule has 1 N–H and O–H groups in total. The summed E-state index contributed by atoms with van der Waals surface area (Å²) in [7, 11) is 0. The third-order valence-corrected chi connectivity index (χ3v) is 6.81. The van der Waals surface area contributed by atoms with E-state index in [1.807, 2.05) is 42.6 Å². The molecular formula is C26H36N4O2. The Balaban J connectivity index is 1.32. The Morgan fingerprint density at radius 1 is 1.19 bits per heavy atom. The minimum atomic E-state index is 0.0308. The molecular weight excluding hydrogens is 400 g/mol. The highest BCUT2D eigenvalue weighted by Gasteiger charge is 2.30. The fraction of sp³-hybridized carbons (Fsp3) is 0.538. The molecule has 1 saturated carbocycles. The van der Waals surface area contributed by atoms with Gasteiger partial charge in [-0.05, 0) is 74.4 Å². The largest absolute Gasteiger partial charge is 0.377 e. The van der Waals surface area contributed by atoms with Crippen molar-refractivity contribution in [2.75, 3.05) is 32.8 Å². The zero-order chi connectivity index (χ0) is 22.2. The number of nitrogens with zero attached hydrogens (tertiary/aromatic N) is 3. The predicted octanol–water partition coefficient (Wildman–Crippen LogP) is 4.08. The molecule has 2 heterocycles. The van der Waals surface area contributed by atoms with Crippen molar-refractivity contribution in [3.05, 3.63) is 60.9 Å². The van der Waals surface area contributed by atoms with Gasteiger partial charge in [0.05, 0.1) is 18.9 Å². The smallest absolute Gasteiger partial charge is 0.251 e. The monoisotopic (exact) mass is 436 g/mol. The summed E-state index contributed by atoms with van der Waals surface area (Å²) in [5.74, 6) is 1.15. The van der Waals surface area contributed by atoms with E-state index < -0.39 is 0 Å². The van der Waals surface area contributed by atoms with Crippen molar-refractivity contribution in [1.29, 1.82) is 0 Å². The first kappa shape index (κ1) is 22.7. The molecule has 32 heavy (non-hydrogen) atoms. The molecule has 1 aromatic carbocycles. The summed E-state index contributed by atoms with van der Waals surface area (Å²) in [4.78, 5) is 15.6. The molecule has 0 radical (unpaired) electrons. The highest BCUT2D eigenvalue weighted by Crippen LogP contribution is 2.28. The Kier molecular flexibility index (Phi) is 8.13. The lowest BCUT2D eigenvalue weighted by Gasteiger charge is -2.39. The van der Waals surface area contributed by atoms with E-state index in [4.69, 9.17) is 4.74 Å². The number of benzene rings is 1. The number of hydrogen-bond donors (Lipinski definition) is 1. The zero-order valence-electron chi connectivity index (χ0n) is 19.0. The van der Waals surface area contributed by atoms with E-state index in [-0.39, 0.29) is 11.9 Å². The highest BCUT2D eigenvalue weighted by atomic mass is 16.5. The summed E-state index contributed by atoms with van der Waals surface area (Å²) >= 11 is 0. The maximum Gasteiger partial charge on any atom is 0.251 e. The van der Waals surface area contributed by atoms with Gasteiger partial charge in [-0.2, -0.15) is 5.10 Å². The summed E-state index contributed by atoms with van der Waals surface area (Å²) in [5.41, 5.74) is 1.67. The molecule has 1 amide bonds. The van der Waals surface area contributed by atoms with Crippen LogP contribution < -0.4 is 5.32 Å². The number of likely N-dealkylation sites (tertiary alicyclic amines) is 1. The average molecular weight is 437 g/mol. The number of carbonyl (C=O) groups is 1. The third kappa shape index (κ3) is 6.08. The van der Waals surface area contributed by atoms with Crippen LogP contribution in [0.2, 0.25) is 0 Å². The predicted molar refractivity (Wildman–Crippen MR) is 127 cm³/mol. The Hall–Kier alpha value is -2.44. The van der Waals surface area contributed by atoms with Gasteiger partial charge in [-0.25, -0.2) is 4.68 Å². The lowest BCUT2D eigenvalue weighted by molar-refractivity contribution is 0.0599. The summed E-state index contributed by atoms with van der Waals surface area (Å²) in [5, 5.41) is 7.60. The molecule has 6 nitrogen and oxygen atoms in total. The Bertz CT molecular complexity index is 849. The van der Waals surface area contributed by atoms with Gasteiger partial charge in [0.2, 0.25) is 0 Å². The van der Waals surface area contributed by atoms with Crippen molar-refractivity contribution in [2.24, 2.45) is 11.8 Å². The van der Waals surface area contributed by atoms with Gasteiger partial charge in [-0.1, -0.05) is 18.9 Å². The number of rotatable bonds is 9. The van der Waals surface area contributed by atoms with E-state index in [1.54, 1.807) is 10.9 Å². The number of carbonyl (C=O) groups excluding carboxylic acids is 1. The van der Waals surface area contributed by atoms with E-state index in [2.05, 4.69) is 21.9 Å². The lowest BCUT2D eigenvalue weighted by atomic mass is 9.83. The second kappa shape index (κ2) is 11.4. The first-order valence-corrected chi connectivity index (χ1v) is 12.0. The number of hydrogen-bond acceptors (Lipinski definition) is 4. The molecule has 1 aliphatic heterocycles. The van der Waals surface area contributed by atoms with E-state index in [1.165, 1.54) is 32.1 Å². The second-order valence-electron chi connectivity index (χ2n) is 9.22. The topological polar surface area (TPSA) is 59.4 Å². The SMILES string of the molecule is C=CCOCC1CCCN(CC2CCCCC2NC(=O)c2ccc(-n3cccn3)cc2)C1. The fourth-order valence-electron chi connectivity index (χ4n) is 5.16. The van der Waals surface area contributed by atoms with E-state index >= 15 is 0 Å². The summed E-state index contributed by atoms with van der Waals surface area (Å²) in [6.45, 7) is 8.52. The van der Waals surface area contributed by atoms with Gasteiger partial charge >= 0.3 is 0 Å². The minimum Gasteiger partial charge on any atom is -0.377 e. The van der Waals surface area contributed by atoms with Crippen molar-refractivity contribution < 1.29 is 9.53 Å². The highest BCUT2D eigenvalue weighted by molar-refractivity contribution is 5.94. The van der Waals surface area contributed by atoms with Crippen molar-refractivity contribution in [3.8, 4) is 5.69 Å². The number of nitrogens with one attached hydrogen (secondary N) is 1. The van der Waals surface area contributed by atoms with Crippen LogP contribution in [-0.2, 0) is 4.74 Å². The number of piperidine rings is 1. The number of ether oxygens (including phenoxy) is 1. The third-order valence-electron chi connectivity index (χ3n) is 6.81. The van der Waals surface area contributed by atoms with Gasteiger partial charge in [-0.3, -0.25) is 4.79 Å². The maximum absolute atomic E-state index is 13.0. The van der Waals surface area contributed by atoms with E-state index in [9.17, 15) is 4.79 Å². The molecule has 2 aromatic rings. The van der Waals surface area contributed by atoms with Gasteiger partial charge in [0.1, 0.15) is 0 Å². The molecule has 0 spiro atoms. The fourth-order valence-corrected chi connectivity index (χ4v) is 5.16. The van der Waals surface area contributed by atoms with Crippen LogP contribution in [0, 0.1) is 11.8 Å². The van der Waals surface area contributed by atoms with Gasteiger partial charge in [0.15, 0.2) is 0 Å². The van der Waals surface area contributed by atoms with Crippen molar-refractivity contribution in [3.63, 3.8) is 0 Å². The standard InChI is InChI=1S/C26H36N4O2/c1-2-17-32-20-21-7-5-15-29(18-21)19-23-8-3-4-9-25(23)28-26(31)22-10-12-24(13-11-22)30-16-6-14-27-30/h2,6,10-14,16,21,23,25H,1,3-5,7-9,15,17-20H2,(H,28,31). The molecule has 1 saturated heterocycles. The molecule has 3 unspecified atom stereocenters. The summed E-state index contributed by atoms with van der Waals surface area (Å²) < 4.78 is 7.51. The van der Waals surface area contributed by atoms with Gasteiger partial charge in [0.25, 0.3) is 5.91 Å². The number of aromatic nitrogens is 2. The average Bonchev–Trinajstić information content (AvgIpc) is 3.36. The molecule has 6 heteroatoms. The van der Waals surface area contributed by atoms with Gasteiger partial charge in [-0.15, -0.1) is 6.58 Å². The molecule has 2 fully saturated rings. The number of amides is 1. The second-order valence-corrected chi connectivity index (χ2v) is 9.22. The van der Waals surface area contributed by atoms with Crippen LogP contribution in [0.25, 0.3) is 5.69 Å². The van der Waals surface area contributed by atoms with Crippen LogP contribution in [0.1, 0.15) is 48.9 Å². The van der Waals surface area contributed by atoms with Crippen molar-refractivity contribution >= 4 is 5.91 Å². The van der Waals surface area contributed by atoms with Crippen LogP contribution in [0.5, 0.6) is 0 Å². The van der Waals surface area contributed by atoms with E-state index in [0.717, 1.165) is 38.3 Å². The molecule has 4 rings (SSSR count). The maximum atomic E-state index is 13.0. The van der Waals surface area contributed by atoms with Crippen LogP contribution in [-0.4, -0.2) is 59.5 Å². The molecule has 3 atom stereocenters. The lowest BCUT2D eigenvalue weighted by Crippen LogP contribution is -2.48. The first-order valence-electron chi connectivity index (χ1n) is 12.0. The van der Waals surface area contributed by atoms with Crippen molar-refractivity contribution in [1.82, 2.24) is 20.0 Å². The van der Waals surface area contributed by atoms with Crippen LogP contribution in [0.3, 0.4) is 0 Å². The Morgan fingerprint density at radius 3 is 2.81 bits per heavy atom. The van der Waals surface area contributed by atoms with E-state index in [0.29, 0.717) is 24.0 Å². The molecule has 2 aliphatic rings.